The van der Waals surface area contributed by atoms with Crippen molar-refractivity contribution in [3.8, 4) is 11.3 Å². The summed E-state index contributed by atoms with van der Waals surface area (Å²) in [6, 6.07) is 8.12. The first-order chi connectivity index (χ1) is 18.2. The molecule has 2 N–H and O–H groups in total. The van der Waals surface area contributed by atoms with Gasteiger partial charge in [0.2, 0.25) is 11.8 Å². The molecule has 1 unspecified atom stereocenters. The molecule has 3 aromatic rings. The van der Waals surface area contributed by atoms with Crippen molar-refractivity contribution in [2.75, 3.05) is 5.32 Å². The molecule has 39 heavy (non-hydrogen) atoms. The fraction of sp³-hybridized carbons (Fsp3) is 0.433. The number of benzene rings is 1. The number of aromatic nitrogens is 2. The quantitative estimate of drug-likeness (QED) is 0.466. The van der Waals surface area contributed by atoms with E-state index in [-0.39, 0.29) is 34.9 Å². The van der Waals surface area contributed by atoms with Crippen molar-refractivity contribution in [2.45, 2.75) is 79.3 Å². The van der Waals surface area contributed by atoms with Crippen LogP contribution in [0.15, 0.2) is 30.3 Å². The Bertz CT molecular complexity index is 1560. The number of carbonyl (C=O) groups is 4. The summed E-state index contributed by atoms with van der Waals surface area (Å²) >= 11 is 0. The normalized spacial score (nSPS) is 18.1. The average molecular weight is 530 g/mol. The van der Waals surface area contributed by atoms with E-state index in [2.05, 4.69) is 63.5 Å². The topological polar surface area (TPSA) is 113 Å². The Morgan fingerprint density at radius 3 is 2.33 bits per heavy atom. The van der Waals surface area contributed by atoms with Crippen LogP contribution >= 0.6 is 0 Å². The van der Waals surface area contributed by atoms with Crippen LogP contribution in [0.25, 0.3) is 16.9 Å². The Labute approximate surface area is 228 Å². The second-order valence-electron chi connectivity index (χ2n) is 12.6. The number of nitrogens with one attached hydrogen (secondary N) is 2. The summed E-state index contributed by atoms with van der Waals surface area (Å²) in [4.78, 5) is 56.7. The second-order valence-corrected chi connectivity index (χ2v) is 12.6. The van der Waals surface area contributed by atoms with Crippen LogP contribution in [-0.2, 0) is 9.59 Å². The van der Waals surface area contributed by atoms with Crippen LogP contribution in [0.2, 0.25) is 0 Å². The molecule has 2 aliphatic heterocycles. The van der Waals surface area contributed by atoms with Gasteiger partial charge in [-0.15, -0.1) is 0 Å². The summed E-state index contributed by atoms with van der Waals surface area (Å²) in [6.07, 6.45) is 1.09. The van der Waals surface area contributed by atoms with Crippen LogP contribution in [0, 0.1) is 19.3 Å². The van der Waals surface area contributed by atoms with Gasteiger partial charge in [0.15, 0.2) is 0 Å². The molecule has 2 aromatic heterocycles. The number of imide groups is 2. The molecule has 5 rings (SSSR count). The largest absolute Gasteiger partial charge is 0.364 e. The lowest BCUT2D eigenvalue weighted by molar-refractivity contribution is -0.136. The van der Waals surface area contributed by atoms with Gasteiger partial charge in [-0.2, -0.15) is 0 Å². The van der Waals surface area contributed by atoms with Crippen molar-refractivity contribution < 1.29 is 19.2 Å². The molecule has 204 valence electrons. The van der Waals surface area contributed by atoms with Crippen LogP contribution in [0.5, 0.6) is 0 Å². The number of piperidine rings is 1. The standard InChI is InChI=1S/C30H35N5O4/c1-16-8-12-22-31-24(25(34(22)17(16)2)33-30(6,7)15-29(3,4)5)18-9-10-19-20(14-18)28(39)35(27(19)38)21-11-13-23(36)32-26(21)37/h8-10,12,14,21,33H,11,13,15H2,1-7H3,(H,32,36,37). The van der Waals surface area contributed by atoms with E-state index in [9.17, 15) is 19.2 Å². The molecule has 1 fully saturated rings. The Kier molecular flexibility index (Phi) is 6.16. The van der Waals surface area contributed by atoms with E-state index in [4.69, 9.17) is 4.98 Å². The van der Waals surface area contributed by atoms with Crippen molar-refractivity contribution in [2.24, 2.45) is 5.41 Å². The molecule has 1 saturated heterocycles. The minimum atomic E-state index is -1.00. The highest BCUT2D eigenvalue weighted by atomic mass is 16.2. The number of aryl methyl sites for hydroxylation is 2. The highest BCUT2D eigenvalue weighted by Crippen LogP contribution is 2.38. The Morgan fingerprint density at radius 2 is 1.67 bits per heavy atom. The van der Waals surface area contributed by atoms with Gasteiger partial charge >= 0.3 is 0 Å². The van der Waals surface area contributed by atoms with Gasteiger partial charge in [0.25, 0.3) is 11.8 Å². The maximum atomic E-state index is 13.5. The zero-order valence-corrected chi connectivity index (χ0v) is 23.6. The SMILES string of the molecule is Cc1ccc2nc(-c3ccc4c(c3)C(=O)N(C3CCC(=O)NC3=O)C4=O)c(NC(C)(C)CC(C)(C)C)n2c1C. The van der Waals surface area contributed by atoms with Crippen LogP contribution in [0.3, 0.4) is 0 Å². The second kappa shape index (κ2) is 9.03. The highest BCUT2D eigenvalue weighted by Gasteiger charge is 2.44. The maximum Gasteiger partial charge on any atom is 0.262 e. The van der Waals surface area contributed by atoms with E-state index < -0.39 is 29.7 Å². The lowest BCUT2D eigenvalue weighted by atomic mass is 9.82. The summed E-state index contributed by atoms with van der Waals surface area (Å²) in [5.74, 6) is -1.27. The first-order valence-corrected chi connectivity index (χ1v) is 13.3. The molecule has 9 heteroatoms. The third kappa shape index (κ3) is 4.70. The molecule has 1 aromatic carbocycles. The summed E-state index contributed by atoms with van der Waals surface area (Å²) in [6.45, 7) is 15.1. The Morgan fingerprint density at radius 1 is 0.974 bits per heavy atom. The van der Waals surface area contributed by atoms with E-state index in [0.717, 1.165) is 34.0 Å². The molecule has 4 heterocycles. The molecule has 2 aliphatic rings. The van der Waals surface area contributed by atoms with E-state index in [0.29, 0.717) is 11.3 Å². The number of nitrogens with zero attached hydrogens (tertiary/aromatic N) is 3. The predicted octanol–water partition coefficient (Wildman–Crippen LogP) is 4.65. The van der Waals surface area contributed by atoms with E-state index >= 15 is 0 Å². The molecular weight excluding hydrogens is 494 g/mol. The van der Waals surface area contributed by atoms with Crippen molar-refractivity contribution >= 4 is 35.1 Å². The van der Waals surface area contributed by atoms with Gasteiger partial charge < -0.3 is 5.32 Å². The lowest BCUT2D eigenvalue weighted by Gasteiger charge is -2.34. The van der Waals surface area contributed by atoms with Crippen LogP contribution in [-0.4, -0.2) is 49.5 Å². The Balaban J connectivity index is 1.60. The van der Waals surface area contributed by atoms with E-state index in [1.165, 1.54) is 0 Å². The Hall–Kier alpha value is -4.01. The zero-order valence-electron chi connectivity index (χ0n) is 23.6. The van der Waals surface area contributed by atoms with E-state index in [1.807, 2.05) is 12.1 Å². The number of carbonyl (C=O) groups excluding carboxylic acids is 4. The number of fused-ring (bicyclic) bond motifs is 2. The first-order valence-electron chi connectivity index (χ1n) is 13.3. The molecule has 1 atom stereocenters. The number of hydrogen-bond donors (Lipinski definition) is 2. The summed E-state index contributed by atoms with van der Waals surface area (Å²) in [7, 11) is 0. The first kappa shape index (κ1) is 26.6. The van der Waals surface area contributed by atoms with Gasteiger partial charge in [-0.05, 0) is 69.7 Å². The third-order valence-electron chi connectivity index (χ3n) is 7.43. The molecule has 9 nitrogen and oxygen atoms in total. The number of rotatable bonds is 5. The summed E-state index contributed by atoms with van der Waals surface area (Å²) in [5, 5.41) is 5.98. The molecule has 0 radical (unpaired) electrons. The smallest absolute Gasteiger partial charge is 0.262 e. The molecule has 0 bridgehead atoms. The van der Waals surface area contributed by atoms with E-state index in [1.54, 1.807) is 18.2 Å². The molecule has 0 spiro atoms. The van der Waals surface area contributed by atoms with Gasteiger partial charge in [-0.25, -0.2) is 4.98 Å². The van der Waals surface area contributed by atoms with Crippen molar-refractivity contribution in [3.05, 3.63) is 52.7 Å². The van der Waals surface area contributed by atoms with Crippen LogP contribution in [0.1, 0.15) is 85.9 Å². The van der Waals surface area contributed by atoms with Gasteiger partial charge in [0.05, 0.1) is 11.1 Å². The summed E-state index contributed by atoms with van der Waals surface area (Å²) < 4.78 is 2.10. The predicted molar refractivity (Wildman–Crippen MR) is 149 cm³/mol. The van der Waals surface area contributed by atoms with Gasteiger partial charge in [-0.1, -0.05) is 32.9 Å². The number of amides is 4. The van der Waals surface area contributed by atoms with Gasteiger partial charge in [0, 0.05) is 23.2 Å². The minimum Gasteiger partial charge on any atom is -0.364 e. The highest BCUT2D eigenvalue weighted by molar-refractivity contribution is 6.23. The van der Waals surface area contributed by atoms with Gasteiger partial charge in [-0.3, -0.25) is 33.8 Å². The van der Waals surface area contributed by atoms with Crippen molar-refractivity contribution in [3.63, 3.8) is 0 Å². The number of hydrogen-bond acceptors (Lipinski definition) is 6. The average Bonchev–Trinajstić information content (AvgIpc) is 3.30. The van der Waals surface area contributed by atoms with Gasteiger partial charge in [0.1, 0.15) is 23.2 Å². The molecular formula is C30H35N5O4. The van der Waals surface area contributed by atoms with Crippen LogP contribution < -0.4 is 10.6 Å². The number of imidazole rings is 1. The lowest BCUT2D eigenvalue weighted by Crippen LogP contribution is -2.54. The molecule has 4 amide bonds. The summed E-state index contributed by atoms with van der Waals surface area (Å²) in [5.41, 5.74) is 4.60. The maximum absolute atomic E-state index is 13.5. The fourth-order valence-corrected chi connectivity index (χ4v) is 6.01. The monoisotopic (exact) mass is 529 g/mol. The fourth-order valence-electron chi connectivity index (χ4n) is 6.01. The number of pyridine rings is 1. The molecule has 0 aliphatic carbocycles. The van der Waals surface area contributed by atoms with Crippen molar-refractivity contribution in [1.29, 1.82) is 0 Å². The zero-order chi connectivity index (χ0) is 28.4. The number of anilines is 1. The van der Waals surface area contributed by atoms with Crippen molar-refractivity contribution in [1.82, 2.24) is 19.6 Å². The minimum absolute atomic E-state index is 0.0778. The van der Waals surface area contributed by atoms with Crippen LogP contribution in [0.4, 0.5) is 5.82 Å². The molecule has 0 saturated carbocycles. The third-order valence-corrected chi connectivity index (χ3v) is 7.43.